The number of nitrogens with zero attached hydrogens (tertiary/aromatic N) is 1. The van der Waals surface area contributed by atoms with Gasteiger partial charge in [0.2, 0.25) is 10.0 Å². The van der Waals surface area contributed by atoms with E-state index < -0.39 is 10.0 Å². The number of sulfonamides is 1. The molecule has 0 heterocycles. The summed E-state index contributed by atoms with van der Waals surface area (Å²) >= 11 is 3.33. The molecule has 0 amide bonds. The summed E-state index contributed by atoms with van der Waals surface area (Å²) < 4.78 is 26.7. The predicted octanol–water partition coefficient (Wildman–Crippen LogP) is 2.20. The minimum absolute atomic E-state index is 0.310. The van der Waals surface area contributed by atoms with Gasteiger partial charge in [0.15, 0.2) is 0 Å². The number of rotatable bonds is 7. The Morgan fingerprint density at radius 1 is 1.26 bits per heavy atom. The maximum atomic E-state index is 12.0. The van der Waals surface area contributed by atoms with Crippen molar-refractivity contribution >= 4 is 26.0 Å². The monoisotopic (exact) mass is 348 g/mol. The minimum Gasteiger partial charge on any atom is -0.303 e. The van der Waals surface area contributed by atoms with Gasteiger partial charge in [-0.15, -0.1) is 0 Å². The van der Waals surface area contributed by atoms with Gasteiger partial charge in [0.05, 0.1) is 4.90 Å². The van der Waals surface area contributed by atoms with Crippen LogP contribution in [0.3, 0.4) is 0 Å². The molecule has 4 nitrogen and oxygen atoms in total. The summed E-state index contributed by atoms with van der Waals surface area (Å²) in [6.07, 6.45) is 0. The van der Waals surface area contributed by atoms with Crippen LogP contribution in [-0.2, 0) is 15.4 Å². The van der Waals surface area contributed by atoms with E-state index in [1.54, 1.807) is 12.1 Å². The number of halogens is 1. The van der Waals surface area contributed by atoms with Crippen LogP contribution in [0.1, 0.15) is 19.4 Å². The van der Waals surface area contributed by atoms with E-state index in [2.05, 4.69) is 39.4 Å². The third kappa shape index (κ3) is 5.22. The predicted molar refractivity (Wildman–Crippen MR) is 82.0 cm³/mol. The second-order valence-electron chi connectivity index (χ2n) is 4.75. The first-order valence-corrected chi connectivity index (χ1v) is 8.82. The summed E-state index contributed by atoms with van der Waals surface area (Å²) in [4.78, 5) is 2.40. The second kappa shape index (κ2) is 7.38. The van der Waals surface area contributed by atoms with Crippen LogP contribution in [0.15, 0.2) is 29.2 Å². The van der Waals surface area contributed by atoms with Crippen molar-refractivity contribution < 1.29 is 8.42 Å². The smallest absolute Gasteiger partial charge is 0.240 e. The quantitative estimate of drug-likeness (QED) is 0.768. The van der Waals surface area contributed by atoms with E-state index in [-0.39, 0.29) is 0 Å². The summed E-state index contributed by atoms with van der Waals surface area (Å²) in [5.41, 5.74) is 1.05. The number of hydrogen-bond donors (Lipinski definition) is 1. The highest BCUT2D eigenvalue weighted by molar-refractivity contribution is 9.08. The third-order valence-electron chi connectivity index (χ3n) is 3.03. The maximum Gasteiger partial charge on any atom is 0.240 e. The van der Waals surface area contributed by atoms with Crippen LogP contribution in [0, 0.1) is 0 Å². The minimum atomic E-state index is -3.40. The van der Waals surface area contributed by atoms with Crippen molar-refractivity contribution in [2.24, 2.45) is 0 Å². The summed E-state index contributed by atoms with van der Waals surface area (Å²) in [7, 11) is -1.42. The molecule has 108 valence electrons. The average Bonchev–Trinajstić information content (AvgIpc) is 2.38. The van der Waals surface area contributed by atoms with E-state index in [9.17, 15) is 8.42 Å². The molecule has 0 aliphatic rings. The fraction of sp³-hybridized carbons (Fsp3) is 0.538. The van der Waals surface area contributed by atoms with Gasteiger partial charge in [-0.1, -0.05) is 28.1 Å². The Hall–Kier alpha value is -0.430. The molecule has 0 aromatic heterocycles. The fourth-order valence-electron chi connectivity index (χ4n) is 1.46. The van der Waals surface area contributed by atoms with Gasteiger partial charge in [-0.2, -0.15) is 0 Å². The zero-order valence-corrected chi connectivity index (χ0v) is 14.0. The van der Waals surface area contributed by atoms with E-state index in [4.69, 9.17) is 0 Å². The molecule has 1 N–H and O–H groups in total. The van der Waals surface area contributed by atoms with Gasteiger partial charge in [0.25, 0.3) is 0 Å². The molecule has 0 unspecified atom stereocenters. The lowest BCUT2D eigenvalue weighted by Crippen LogP contribution is -2.36. The molecule has 0 saturated heterocycles. The third-order valence-corrected chi connectivity index (χ3v) is 5.15. The fourth-order valence-corrected chi connectivity index (χ4v) is 2.85. The van der Waals surface area contributed by atoms with Crippen LogP contribution < -0.4 is 4.72 Å². The maximum absolute atomic E-state index is 12.0. The van der Waals surface area contributed by atoms with Crippen molar-refractivity contribution in [3.8, 4) is 0 Å². The van der Waals surface area contributed by atoms with Crippen molar-refractivity contribution in [1.82, 2.24) is 9.62 Å². The van der Waals surface area contributed by atoms with E-state index in [0.717, 1.165) is 10.9 Å². The number of nitrogens with one attached hydrogen (secondary N) is 1. The van der Waals surface area contributed by atoms with Crippen LogP contribution in [0.5, 0.6) is 0 Å². The first-order valence-electron chi connectivity index (χ1n) is 6.21. The van der Waals surface area contributed by atoms with Crippen molar-refractivity contribution in [3.05, 3.63) is 29.8 Å². The summed E-state index contributed by atoms with van der Waals surface area (Å²) in [6, 6.07) is 7.28. The Morgan fingerprint density at radius 2 is 1.84 bits per heavy atom. The molecule has 1 aromatic carbocycles. The average molecular weight is 349 g/mol. The molecule has 6 heteroatoms. The van der Waals surface area contributed by atoms with E-state index >= 15 is 0 Å². The van der Waals surface area contributed by atoms with Crippen LogP contribution in [0.25, 0.3) is 0 Å². The van der Waals surface area contributed by atoms with Crippen LogP contribution in [0.2, 0.25) is 0 Å². The Balaban J connectivity index is 2.60. The van der Waals surface area contributed by atoms with Gasteiger partial charge in [-0.25, -0.2) is 13.1 Å². The Kier molecular flexibility index (Phi) is 6.46. The van der Waals surface area contributed by atoms with Gasteiger partial charge >= 0.3 is 0 Å². The Labute approximate surface area is 124 Å². The first kappa shape index (κ1) is 16.6. The largest absolute Gasteiger partial charge is 0.303 e. The Morgan fingerprint density at radius 3 is 2.32 bits per heavy atom. The standard InChI is InChI=1S/C13H21BrN2O2S/c1-11(2)16(3)9-8-15-19(17,18)13-6-4-12(10-14)5-7-13/h4-7,11,15H,8-10H2,1-3H3. The second-order valence-corrected chi connectivity index (χ2v) is 7.08. The van der Waals surface area contributed by atoms with Crippen molar-refractivity contribution in [3.63, 3.8) is 0 Å². The molecule has 1 aromatic rings. The van der Waals surface area contributed by atoms with E-state index in [0.29, 0.717) is 24.0 Å². The molecule has 19 heavy (non-hydrogen) atoms. The number of alkyl halides is 1. The molecule has 0 saturated carbocycles. The molecule has 0 aliphatic carbocycles. The lowest BCUT2D eigenvalue weighted by molar-refractivity contribution is 0.278. The molecule has 0 aliphatic heterocycles. The van der Waals surface area contributed by atoms with E-state index in [1.165, 1.54) is 0 Å². The highest BCUT2D eigenvalue weighted by atomic mass is 79.9. The van der Waals surface area contributed by atoms with Crippen molar-refractivity contribution in [2.45, 2.75) is 30.1 Å². The Bertz CT molecular complexity index is 486. The topological polar surface area (TPSA) is 49.4 Å². The van der Waals surface area contributed by atoms with Gasteiger partial charge in [0, 0.05) is 24.5 Å². The molecule has 0 atom stereocenters. The number of hydrogen-bond acceptors (Lipinski definition) is 3. The normalized spacial score (nSPS) is 12.3. The zero-order chi connectivity index (χ0) is 14.5. The van der Waals surface area contributed by atoms with Crippen molar-refractivity contribution in [1.29, 1.82) is 0 Å². The van der Waals surface area contributed by atoms with Crippen LogP contribution >= 0.6 is 15.9 Å². The lowest BCUT2D eigenvalue weighted by Gasteiger charge is -2.20. The van der Waals surface area contributed by atoms with E-state index in [1.807, 2.05) is 19.2 Å². The van der Waals surface area contributed by atoms with Gasteiger partial charge < -0.3 is 4.90 Å². The highest BCUT2D eigenvalue weighted by Gasteiger charge is 2.13. The van der Waals surface area contributed by atoms with Gasteiger partial charge in [-0.05, 0) is 38.6 Å². The molecule has 0 fully saturated rings. The molecular weight excluding hydrogens is 328 g/mol. The SMILES string of the molecule is CC(C)N(C)CCNS(=O)(=O)c1ccc(CBr)cc1. The van der Waals surface area contributed by atoms with Gasteiger partial charge in [-0.3, -0.25) is 0 Å². The number of likely N-dealkylation sites (N-methyl/N-ethyl adjacent to an activating group) is 1. The van der Waals surface area contributed by atoms with Gasteiger partial charge in [0.1, 0.15) is 0 Å². The lowest BCUT2D eigenvalue weighted by atomic mass is 10.2. The molecular formula is C13H21BrN2O2S. The van der Waals surface area contributed by atoms with Crippen molar-refractivity contribution in [2.75, 3.05) is 20.1 Å². The van der Waals surface area contributed by atoms with Crippen LogP contribution in [0.4, 0.5) is 0 Å². The molecule has 0 radical (unpaired) electrons. The molecule has 0 spiro atoms. The molecule has 1 rings (SSSR count). The zero-order valence-electron chi connectivity index (χ0n) is 11.6. The number of benzene rings is 1. The summed E-state index contributed by atoms with van der Waals surface area (Å²) in [6.45, 7) is 5.26. The highest BCUT2D eigenvalue weighted by Crippen LogP contribution is 2.12. The summed E-state index contributed by atoms with van der Waals surface area (Å²) in [5.74, 6) is 0. The molecule has 0 bridgehead atoms. The summed E-state index contributed by atoms with van der Waals surface area (Å²) in [5, 5.41) is 0.722. The first-order chi connectivity index (χ1) is 8.86. The van der Waals surface area contributed by atoms with Crippen LogP contribution in [-0.4, -0.2) is 39.5 Å².